The minimum Gasteiger partial charge on any atom is -0.489 e. The highest BCUT2D eigenvalue weighted by Crippen LogP contribution is 2.22. The Hall–Kier alpha value is -2.29. The summed E-state index contributed by atoms with van der Waals surface area (Å²) < 4.78 is 5.78. The Kier molecular flexibility index (Phi) is 5.43. The number of carbonyl (C=O) groups is 1. The molecule has 0 saturated heterocycles. The summed E-state index contributed by atoms with van der Waals surface area (Å²) in [6, 6.07) is 16.1. The Morgan fingerprint density at radius 3 is 2.04 bits per heavy atom. The third-order valence-electron chi connectivity index (χ3n) is 3.78. The van der Waals surface area contributed by atoms with Gasteiger partial charge >= 0.3 is 5.97 Å². The average molecular weight is 312 g/mol. The lowest BCUT2D eigenvalue weighted by Gasteiger charge is -2.19. The van der Waals surface area contributed by atoms with E-state index in [1.54, 1.807) is 0 Å². The highest BCUT2D eigenvalue weighted by atomic mass is 16.5. The van der Waals surface area contributed by atoms with Gasteiger partial charge in [-0.25, -0.2) is 0 Å². The fourth-order valence-electron chi connectivity index (χ4n) is 2.27. The summed E-state index contributed by atoms with van der Waals surface area (Å²) in [6.07, 6.45) is 0.699. The predicted octanol–water partition coefficient (Wildman–Crippen LogP) is 4.58. The van der Waals surface area contributed by atoms with E-state index in [2.05, 4.69) is 45.0 Å². The predicted molar refractivity (Wildman–Crippen MR) is 91.9 cm³/mol. The SMILES string of the molecule is CC(C)(C)c1ccc(COc2ccc(CCC(=O)O)cc2)cc1. The van der Waals surface area contributed by atoms with Crippen molar-refractivity contribution < 1.29 is 14.6 Å². The molecule has 0 saturated carbocycles. The quantitative estimate of drug-likeness (QED) is 0.849. The maximum Gasteiger partial charge on any atom is 0.303 e. The summed E-state index contributed by atoms with van der Waals surface area (Å²) in [5.41, 5.74) is 3.61. The number of aliphatic carboxylic acids is 1. The third kappa shape index (κ3) is 5.44. The van der Waals surface area contributed by atoms with E-state index in [4.69, 9.17) is 9.84 Å². The summed E-state index contributed by atoms with van der Waals surface area (Å²) in [5, 5.41) is 8.68. The lowest BCUT2D eigenvalue weighted by atomic mass is 9.87. The number of carboxylic acids is 1. The van der Waals surface area contributed by atoms with Crippen LogP contribution in [0.5, 0.6) is 5.75 Å². The van der Waals surface area contributed by atoms with E-state index in [1.807, 2.05) is 24.3 Å². The molecule has 1 N–H and O–H groups in total. The van der Waals surface area contributed by atoms with Crippen molar-refractivity contribution in [2.45, 2.75) is 45.6 Å². The van der Waals surface area contributed by atoms with E-state index in [-0.39, 0.29) is 11.8 Å². The van der Waals surface area contributed by atoms with Crippen LogP contribution in [0.3, 0.4) is 0 Å². The Morgan fingerprint density at radius 1 is 0.957 bits per heavy atom. The van der Waals surface area contributed by atoms with Crippen molar-refractivity contribution in [1.29, 1.82) is 0 Å². The van der Waals surface area contributed by atoms with Gasteiger partial charge in [0.2, 0.25) is 0 Å². The molecular weight excluding hydrogens is 288 g/mol. The van der Waals surface area contributed by atoms with Gasteiger partial charge in [-0.1, -0.05) is 57.2 Å². The van der Waals surface area contributed by atoms with E-state index in [0.29, 0.717) is 13.0 Å². The summed E-state index contributed by atoms with van der Waals surface area (Å²) >= 11 is 0. The second-order valence-corrected chi connectivity index (χ2v) is 6.77. The maximum atomic E-state index is 10.6. The van der Waals surface area contributed by atoms with Crippen LogP contribution in [0.25, 0.3) is 0 Å². The minimum absolute atomic E-state index is 0.153. The third-order valence-corrected chi connectivity index (χ3v) is 3.78. The number of aryl methyl sites for hydroxylation is 1. The lowest BCUT2D eigenvalue weighted by molar-refractivity contribution is -0.136. The fraction of sp³-hybridized carbons (Fsp3) is 0.350. The van der Waals surface area contributed by atoms with Gasteiger partial charge < -0.3 is 9.84 Å². The van der Waals surface area contributed by atoms with Gasteiger partial charge in [0, 0.05) is 6.42 Å². The smallest absolute Gasteiger partial charge is 0.303 e. The van der Waals surface area contributed by atoms with Gasteiger partial charge in [0.05, 0.1) is 0 Å². The zero-order valence-corrected chi connectivity index (χ0v) is 14.0. The van der Waals surface area contributed by atoms with E-state index >= 15 is 0 Å². The largest absolute Gasteiger partial charge is 0.489 e. The van der Waals surface area contributed by atoms with E-state index in [9.17, 15) is 4.79 Å². The van der Waals surface area contributed by atoms with E-state index in [0.717, 1.165) is 16.9 Å². The molecule has 3 heteroatoms. The highest BCUT2D eigenvalue weighted by molar-refractivity contribution is 5.67. The molecule has 0 bridgehead atoms. The summed E-state index contributed by atoms with van der Waals surface area (Å²) in [6.45, 7) is 7.12. The second kappa shape index (κ2) is 7.32. The molecule has 0 aliphatic rings. The normalized spacial score (nSPS) is 11.3. The van der Waals surface area contributed by atoms with E-state index < -0.39 is 5.97 Å². The molecule has 0 aliphatic heterocycles. The molecule has 3 nitrogen and oxygen atoms in total. The van der Waals surface area contributed by atoms with Crippen LogP contribution in [-0.4, -0.2) is 11.1 Å². The van der Waals surface area contributed by atoms with Gasteiger partial charge in [-0.2, -0.15) is 0 Å². The summed E-state index contributed by atoms with van der Waals surface area (Å²) in [5.74, 6) is 0.0213. The minimum atomic E-state index is -0.774. The molecule has 0 aromatic heterocycles. The number of ether oxygens (including phenoxy) is 1. The molecule has 0 spiro atoms. The maximum absolute atomic E-state index is 10.6. The molecule has 122 valence electrons. The first kappa shape index (κ1) is 17.1. The Labute approximate surface area is 137 Å². The monoisotopic (exact) mass is 312 g/mol. The van der Waals surface area contributed by atoms with Crippen molar-refractivity contribution >= 4 is 5.97 Å². The Balaban J connectivity index is 1.89. The zero-order chi connectivity index (χ0) is 16.9. The van der Waals surface area contributed by atoms with Crippen molar-refractivity contribution in [3.05, 3.63) is 65.2 Å². The van der Waals surface area contributed by atoms with Gasteiger partial charge in [0.1, 0.15) is 12.4 Å². The van der Waals surface area contributed by atoms with E-state index in [1.165, 1.54) is 5.56 Å². The fourth-order valence-corrected chi connectivity index (χ4v) is 2.27. The first-order chi connectivity index (χ1) is 10.8. The van der Waals surface area contributed by atoms with Crippen LogP contribution in [0.1, 0.15) is 43.9 Å². The van der Waals surface area contributed by atoms with Crippen LogP contribution in [-0.2, 0) is 23.2 Å². The molecule has 0 radical (unpaired) electrons. The van der Waals surface area contributed by atoms with Gasteiger partial charge in [-0.05, 0) is 40.7 Å². The molecule has 2 aromatic rings. The van der Waals surface area contributed by atoms with Crippen molar-refractivity contribution in [3.8, 4) is 5.75 Å². The van der Waals surface area contributed by atoms with Gasteiger partial charge in [-0.15, -0.1) is 0 Å². The second-order valence-electron chi connectivity index (χ2n) is 6.77. The van der Waals surface area contributed by atoms with Crippen LogP contribution in [0.15, 0.2) is 48.5 Å². The number of carboxylic acid groups (broad SMARTS) is 1. The van der Waals surface area contributed by atoms with Gasteiger partial charge in [0.15, 0.2) is 0 Å². The van der Waals surface area contributed by atoms with Crippen molar-refractivity contribution in [2.24, 2.45) is 0 Å². The summed E-state index contributed by atoms with van der Waals surface area (Å²) in [7, 11) is 0. The number of hydrogen-bond donors (Lipinski definition) is 1. The zero-order valence-electron chi connectivity index (χ0n) is 14.0. The highest BCUT2D eigenvalue weighted by Gasteiger charge is 2.12. The topological polar surface area (TPSA) is 46.5 Å². The van der Waals surface area contributed by atoms with Crippen LogP contribution in [0.4, 0.5) is 0 Å². The standard InChI is InChI=1S/C20H24O3/c1-20(2,3)17-9-4-16(5-10-17)14-23-18-11-6-15(7-12-18)8-13-19(21)22/h4-7,9-12H,8,13-14H2,1-3H3,(H,21,22). The molecule has 0 aliphatic carbocycles. The summed E-state index contributed by atoms with van der Waals surface area (Å²) in [4.78, 5) is 10.6. The molecule has 0 amide bonds. The number of hydrogen-bond acceptors (Lipinski definition) is 2. The molecule has 23 heavy (non-hydrogen) atoms. The Bertz CT molecular complexity index is 634. The van der Waals surface area contributed by atoms with Crippen LogP contribution in [0.2, 0.25) is 0 Å². The first-order valence-electron chi connectivity index (χ1n) is 7.87. The number of benzene rings is 2. The molecule has 0 unspecified atom stereocenters. The van der Waals surface area contributed by atoms with Crippen LogP contribution in [0, 0.1) is 0 Å². The van der Waals surface area contributed by atoms with Gasteiger partial charge in [0.25, 0.3) is 0 Å². The lowest BCUT2D eigenvalue weighted by Crippen LogP contribution is -2.10. The van der Waals surface area contributed by atoms with Crippen molar-refractivity contribution in [3.63, 3.8) is 0 Å². The molecule has 0 atom stereocenters. The molecular formula is C20H24O3. The molecule has 0 heterocycles. The number of rotatable bonds is 6. The molecule has 0 fully saturated rings. The van der Waals surface area contributed by atoms with Gasteiger partial charge in [-0.3, -0.25) is 4.79 Å². The van der Waals surface area contributed by atoms with Crippen molar-refractivity contribution in [2.75, 3.05) is 0 Å². The van der Waals surface area contributed by atoms with Crippen molar-refractivity contribution in [1.82, 2.24) is 0 Å². The molecule has 2 rings (SSSR count). The molecule has 2 aromatic carbocycles. The Morgan fingerprint density at radius 2 is 1.52 bits per heavy atom. The van der Waals surface area contributed by atoms with Crippen LogP contribution >= 0.6 is 0 Å². The first-order valence-corrected chi connectivity index (χ1v) is 7.87. The van der Waals surface area contributed by atoms with Crippen LogP contribution < -0.4 is 4.74 Å². The average Bonchev–Trinajstić information content (AvgIpc) is 2.51.